The molecule has 0 fully saturated rings. The molecule has 0 bridgehead atoms. The van der Waals surface area contributed by atoms with Gasteiger partial charge in [0, 0.05) is 44.3 Å². The number of benzene rings is 3. The molecule has 3 aromatic rings. The number of aromatic hydroxyl groups is 2. The number of hydrogen-bond donors (Lipinski definition) is 14. The van der Waals surface area contributed by atoms with Crippen LogP contribution in [-0.4, -0.2) is 208 Å². The molecule has 31 heteroatoms. The van der Waals surface area contributed by atoms with Crippen molar-refractivity contribution in [3.63, 3.8) is 0 Å². The maximum Gasteiger partial charge on any atom is 0.339 e. The first-order valence-electron chi connectivity index (χ1n) is 27.3. The maximum absolute atomic E-state index is 14.2. The second-order valence-corrected chi connectivity index (χ2v) is 19.3. The molecule has 3 aromatic carbocycles. The minimum atomic E-state index is -1.67. The van der Waals surface area contributed by atoms with Gasteiger partial charge in [0.25, 0.3) is 5.91 Å². The molecule has 0 spiro atoms. The molecule has 0 aromatic heterocycles. The molecule has 14 N–H and O–H groups in total. The van der Waals surface area contributed by atoms with Crippen LogP contribution >= 0.6 is 0 Å². The summed E-state index contributed by atoms with van der Waals surface area (Å²) in [6.45, 7) is -0.219. The first-order chi connectivity index (χ1) is 42.2. The third-order valence-electron chi connectivity index (χ3n) is 12.2. The van der Waals surface area contributed by atoms with Gasteiger partial charge in [0.2, 0.25) is 29.5 Å². The second kappa shape index (κ2) is 38.8. The highest BCUT2D eigenvalue weighted by molar-refractivity contribution is 6.03. The van der Waals surface area contributed by atoms with E-state index in [0.717, 1.165) is 18.2 Å². The van der Waals surface area contributed by atoms with Crippen LogP contribution in [-0.2, 0) is 66.9 Å². The molecular formula is C58H70N6O25. The number of carboxylic acid groups (broad SMARTS) is 6. The Kier molecular flexibility index (Phi) is 31.9. The van der Waals surface area contributed by atoms with Gasteiger partial charge >= 0.3 is 35.8 Å². The molecule has 0 aliphatic rings. The summed E-state index contributed by atoms with van der Waals surface area (Å²) < 4.78 is 21.1. The summed E-state index contributed by atoms with van der Waals surface area (Å²) in [6.07, 6.45) is 1.44. The summed E-state index contributed by atoms with van der Waals surface area (Å²) in [5, 5.41) is 90.9. The standard InChI is InChI=1S/C58H70N6O25/c1-33(65)31-88-26-24-86-22-20-59-53(78)41(10-16-48(69)70)63-55(80)43(12-18-50(73)74)61-47(68)32-89-27-25-87-23-21-60-54(79)42(11-17-49(71)72)64-56(81)44(13-19-51(75)76)62-52(77)38-28-34(2-3-35-6-14-45(66)39(29-35)57(82)83)4-8-37(38)9-5-36-7-15-46(67)40(30-36)58(84)85/h2-9,14-15,28-30,41-44,66-67H,10-13,16-27,31-32H2,1H3,(H,59,78)(H,60,79)(H,61,68)(H,62,77)(H,63,80)(H,64,81)(H,69,70)(H,71,72)(H,73,74)(H,75,76)(H,82,83)(H,84,85)/b3-2+,9-5+/t41-,42-,43-,44-/m0/s1. The Morgan fingerprint density at radius 1 is 0.416 bits per heavy atom. The van der Waals surface area contributed by atoms with Crippen LogP contribution < -0.4 is 31.9 Å². The Balaban J connectivity index is 1.66. The molecule has 3 rings (SSSR count). The number of Topliss-reactive ketones (excluding diaryl/α,β-unsaturated/α-hetero) is 1. The molecular weight excluding hydrogens is 1180 g/mol. The van der Waals surface area contributed by atoms with E-state index < -0.39 is 170 Å². The third-order valence-corrected chi connectivity index (χ3v) is 12.2. The van der Waals surface area contributed by atoms with Crippen molar-refractivity contribution in [3.05, 3.63) is 93.5 Å². The first kappa shape index (κ1) is 73.1. The highest BCUT2D eigenvalue weighted by Crippen LogP contribution is 2.24. The number of hydrogen-bond acceptors (Lipinski definition) is 19. The lowest BCUT2D eigenvalue weighted by Gasteiger charge is -2.23. The minimum Gasteiger partial charge on any atom is -0.507 e. The summed E-state index contributed by atoms with van der Waals surface area (Å²) in [7, 11) is 0. The number of nitrogens with one attached hydrogen (secondary N) is 6. The fraction of sp³-hybridized carbons (Fsp3) is 0.397. The van der Waals surface area contributed by atoms with Crippen LogP contribution in [0.15, 0.2) is 54.6 Å². The van der Waals surface area contributed by atoms with Crippen molar-refractivity contribution < 1.29 is 122 Å². The average molecular weight is 1250 g/mol. The van der Waals surface area contributed by atoms with Crippen molar-refractivity contribution in [2.24, 2.45) is 0 Å². The van der Waals surface area contributed by atoms with E-state index in [1.807, 2.05) is 0 Å². The predicted octanol–water partition coefficient (Wildman–Crippen LogP) is 0.735. The van der Waals surface area contributed by atoms with Crippen LogP contribution in [0, 0.1) is 0 Å². The van der Waals surface area contributed by atoms with Gasteiger partial charge in [-0.05, 0) is 85.2 Å². The fourth-order valence-electron chi connectivity index (χ4n) is 7.78. The van der Waals surface area contributed by atoms with E-state index >= 15 is 0 Å². The van der Waals surface area contributed by atoms with Gasteiger partial charge < -0.3 is 91.7 Å². The number of ether oxygens (including phenoxy) is 4. The van der Waals surface area contributed by atoms with Gasteiger partial charge in [-0.3, -0.25) is 52.7 Å². The van der Waals surface area contributed by atoms with Crippen LogP contribution in [0.1, 0.15) is 112 Å². The highest BCUT2D eigenvalue weighted by atomic mass is 16.5. The maximum atomic E-state index is 14.2. The fourth-order valence-corrected chi connectivity index (χ4v) is 7.78. The lowest BCUT2D eigenvalue weighted by atomic mass is 9.99. The topological polar surface area (TPSA) is 493 Å². The SMILES string of the molecule is CC(=O)COCCOCCNC(=O)[C@H](CCC(=O)O)NC(=O)[C@H](CCC(=O)O)NC(=O)COCCOCCNC(=O)[C@H](CCC(=O)O)NC(=O)[C@H](CCC(=O)O)NC(=O)c1cc(/C=C/c2ccc(O)c(C(=O)O)c2)ccc1/C=C/c1ccc(O)c(C(=O)O)c1. The number of amides is 6. The molecule has 0 radical (unpaired) electrons. The number of carbonyl (C=O) groups excluding carboxylic acids is 7. The number of ketones is 1. The molecule has 4 atom stereocenters. The zero-order chi connectivity index (χ0) is 66.0. The second-order valence-electron chi connectivity index (χ2n) is 19.3. The van der Waals surface area contributed by atoms with Crippen LogP contribution in [0.25, 0.3) is 24.3 Å². The monoisotopic (exact) mass is 1250 g/mol. The van der Waals surface area contributed by atoms with Crippen LogP contribution in [0.5, 0.6) is 11.5 Å². The number of rotatable bonds is 43. The van der Waals surface area contributed by atoms with Gasteiger partial charge in [0.15, 0.2) is 5.78 Å². The summed E-state index contributed by atoms with van der Waals surface area (Å²) in [6, 6.07) is 5.63. The van der Waals surface area contributed by atoms with E-state index in [1.165, 1.54) is 61.6 Å². The Bertz CT molecular complexity index is 3090. The summed E-state index contributed by atoms with van der Waals surface area (Å²) >= 11 is 0. The van der Waals surface area contributed by atoms with Crippen molar-refractivity contribution in [2.45, 2.75) is 82.5 Å². The predicted molar refractivity (Wildman–Crippen MR) is 309 cm³/mol. The van der Waals surface area contributed by atoms with E-state index in [1.54, 1.807) is 6.07 Å². The van der Waals surface area contributed by atoms with Crippen LogP contribution in [0.3, 0.4) is 0 Å². The lowest BCUT2D eigenvalue weighted by Crippen LogP contribution is -2.54. The number of aliphatic carboxylic acids is 4. The van der Waals surface area contributed by atoms with Crippen molar-refractivity contribution in [1.29, 1.82) is 0 Å². The Labute approximate surface area is 507 Å². The van der Waals surface area contributed by atoms with Gasteiger partial charge in [-0.1, -0.05) is 48.6 Å². The van der Waals surface area contributed by atoms with Crippen molar-refractivity contribution in [2.75, 3.05) is 65.9 Å². The molecule has 6 amide bonds. The molecule has 0 aliphatic carbocycles. The van der Waals surface area contributed by atoms with Crippen LogP contribution in [0.4, 0.5) is 0 Å². The average Bonchev–Trinajstić information content (AvgIpc) is 3.40. The summed E-state index contributed by atoms with van der Waals surface area (Å²) in [5.74, 6) is -15.0. The molecule has 0 heterocycles. The Hall–Kier alpha value is -10.1. The number of aromatic carboxylic acids is 2. The summed E-state index contributed by atoms with van der Waals surface area (Å²) in [4.78, 5) is 161. The van der Waals surface area contributed by atoms with E-state index in [2.05, 4.69) is 31.9 Å². The molecule has 0 saturated carbocycles. The van der Waals surface area contributed by atoms with Crippen molar-refractivity contribution >= 4 is 101 Å². The largest absolute Gasteiger partial charge is 0.507 e. The van der Waals surface area contributed by atoms with Crippen molar-refractivity contribution in [1.82, 2.24) is 31.9 Å². The molecule has 482 valence electrons. The number of carboxylic acids is 6. The quantitative estimate of drug-likeness (QED) is 0.0274. The van der Waals surface area contributed by atoms with E-state index in [0.29, 0.717) is 11.1 Å². The Morgan fingerprint density at radius 2 is 0.775 bits per heavy atom. The third kappa shape index (κ3) is 28.8. The van der Waals surface area contributed by atoms with Gasteiger partial charge in [-0.2, -0.15) is 0 Å². The van der Waals surface area contributed by atoms with Crippen LogP contribution in [0.2, 0.25) is 0 Å². The molecule has 0 unspecified atom stereocenters. The van der Waals surface area contributed by atoms with Crippen molar-refractivity contribution in [3.8, 4) is 11.5 Å². The summed E-state index contributed by atoms with van der Waals surface area (Å²) in [5.41, 5.74) is 0.141. The van der Waals surface area contributed by atoms with Gasteiger partial charge in [0.05, 0.1) is 39.6 Å². The van der Waals surface area contributed by atoms with E-state index in [4.69, 9.17) is 18.9 Å². The molecule has 0 saturated heterocycles. The number of phenols is 2. The van der Waals surface area contributed by atoms with E-state index in [9.17, 15) is 103 Å². The van der Waals surface area contributed by atoms with Gasteiger partial charge in [0.1, 0.15) is 60.0 Å². The smallest absolute Gasteiger partial charge is 0.339 e. The zero-order valence-electron chi connectivity index (χ0n) is 48.1. The number of carbonyl (C=O) groups is 13. The Morgan fingerprint density at radius 3 is 1.18 bits per heavy atom. The van der Waals surface area contributed by atoms with E-state index in [-0.39, 0.29) is 88.2 Å². The van der Waals surface area contributed by atoms with Gasteiger partial charge in [-0.15, -0.1) is 0 Å². The lowest BCUT2D eigenvalue weighted by molar-refractivity contribution is -0.140. The molecule has 0 aliphatic heterocycles. The normalized spacial score (nSPS) is 12.4. The minimum absolute atomic E-state index is 0.0106. The van der Waals surface area contributed by atoms with Gasteiger partial charge in [-0.25, -0.2) is 9.59 Å². The first-order valence-corrected chi connectivity index (χ1v) is 27.3. The molecule has 89 heavy (non-hydrogen) atoms. The molecule has 31 nitrogen and oxygen atoms in total. The highest BCUT2D eigenvalue weighted by Gasteiger charge is 2.30. The zero-order valence-corrected chi connectivity index (χ0v) is 48.1.